The number of nitrogens with one attached hydrogen (secondary N) is 1. The lowest BCUT2D eigenvalue weighted by atomic mass is 10.3. The molecule has 0 amide bonds. The van der Waals surface area contributed by atoms with Crippen molar-refractivity contribution in [1.82, 2.24) is 4.72 Å². The van der Waals surface area contributed by atoms with Gasteiger partial charge in [0.2, 0.25) is 10.0 Å². The molecular formula is C12H18BrNO3S. The Kier molecular flexibility index (Phi) is 5.62. The van der Waals surface area contributed by atoms with Gasteiger partial charge in [-0.05, 0) is 45.0 Å². The molecule has 0 aliphatic heterocycles. The molecule has 18 heavy (non-hydrogen) atoms. The van der Waals surface area contributed by atoms with Gasteiger partial charge in [0, 0.05) is 11.0 Å². The van der Waals surface area contributed by atoms with Crippen LogP contribution in [0.5, 0.6) is 5.75 Å². The molecule has 102 valence electrons. The van der Waals surface area contributed by atoms with E-state index < -0.39 is 15.3 Å². The molecule has 0 aliphatic carbocycles. The molecule has 0 bridgehead atoms. The van der Waals surface area contributed by atoms with Crippen LogP contribution in [-0.4, -0.2) is 26.3 Å². The molecule has 0 saturated carbocycles. The smallest absolute Gasteiger partial charge is 0.214 e. The van der Waals surface area contributed by atoms with Crippen LogP contribution >= 0.6 is 15.9 Å². The third-order valence-corrected chi connectivity index (χ3v) is 4.68. The van der Waals surface area contributed by atoms with Gasteiger partial charge in [-0.15, -0.1) is 0 Å². The molecule has 0 radical (unpaired) electrons. The summed E-state index contributed by atoms with van der Waals surface area (Å²) in [5, 5.41) is -0.433. The van der Waals surface area contributed by atoms with Crippen LogP contribution < -0.4 is 9.46 Å². The molecule has 6 heteroatoms. The molecule has 0 unspecified atom stereocenters. The zero-order chi connectivity index (χ0) is 13.8. The largest absolute Gasteiger partial charge is 0.489 e. The highest BCUT2D eigenvalue weighted by atomic mass is 79.9. The number of hydrogen-bond donors (Lipinski definition) is 1. The number of sulfonamides is 1. The SMILES string of the molecule is CC(C)S(=O)(=O)NC[C@H](C)Oc1ccc(Br)cc1. The van der Waals surface area contributed by atoms with E-state index in [0.717, 1.165) is 10.2 Å². The minimum absolute atomic E-state index is 0.222. The second-order valence-corrected chi connectivity index (χ2v) is 7.56. The maximum absolute atomic E-state index is 11.6. The zero-order valence-electron chi connectivity index (χ0n) is 10.7. The summed E-state index contributed by atoms with van der Waals surface area (Å²) in [7, 11) is -3.23. The first kappa shape index (κ1) is 15.5. The molecule has 0 aliphatic rings. The van der Waals surface area contributed by atoms with E-state index in [0.29, 0.717) is 0 Å². The van der Waals surface area contributed by atoms with E-state index in [1.165, 1.54) is 0 Å². The number of halogens is 1. The highest BCUT2D eigenvalue weighted by molar-refractivity contribution is 9.10. The lowest BCUT2D eigenvalue weighted by Crippen LogP contribution is -2.37. The second kappa shape index (κ2) is 6.54. The van der Waals surface area contributed by atoms with Crippen molar-refractivity contribution >= 4 is 26.0 Å². The van der Waals surface area contributed by atoms with Crippen LogP contribution in [0.4, 0.5) is 0 Å². The first-order valence-electron chi connectivity index (χ1n) is 5.72. The van der Waals surface area contributed by atoms with Crippen molar-refractivity contribution in [2.45, 2.75) is 32.1 Å². The van der Waals surface area contributed by atoms with E-state index in [1.807, 2.05) is 31.2 Å². The molecule has 1 aromatic carbocycles. The van der Waals surface area contributed by atoms with Crippen LogP contribution in [-0.2, 0) is 10.0 Å². The van der Waals surface area contributed by atoms with E-state index in [1.54, 1.807) is 13.8 Å². The number of ether oxygens (including phenoxy) is 1. The lowest BCUT2D eigenvalue weighted by Gasteiger charge is -2.16. The quantitative estimate of drug-likeness (QED) is 0.869. The molecule has 1 rings (SSSR count). The average molecular weight is 336 g/mol. The molecule has 1 atom stereocenters. The Morgan fingerprint density at radius 3 is 2.28 bits per heavy atom. The molecule has 0 saturated heterocycles. The van der Waals surface area contributed by atoms with Gasteiger partial charge >= 0.3 is 0 Å². The van der Waals surface area contributed by atoms with Crippen LogP contribution in [0.25, 0.3) is 0 Å². The summed E-state index contributed by atoms with van der Waals surface area (Å²) >= 11 is 3.34. The van der Waals surface area contributed by atoms with Crippen molar-refractivity contribution in [1.29, 1.82) is 0 Å². The van der Waals surface area contributed by atoms with E-state index >= 15 is 0 Å². The van der Waals surface area contributed by atoms with Crippen LogP contribution in [0.1, 0.15) is 20.8 Å². The minimum atomic E-state index is -3.23. The van der Waals surface area contributed by atoms with Gasteiger partial charge in [0.15, 0.2) is 0 Å². The molecule has 0 spiro atoms. The second-order valence-electron chi connectivity index (χ2n) is 4.32. The first-order valence-corrected chi connectivity index (χ1v) is 8.06. The molecule has 0 heterocycles. The third-order valence-electron chi connectivity index (χ3n) is 2.34. The van der Waals surface area contributed by atoms with Crippen molar-refractivity contribution in [3.63, 3.8) is 0 Å². The Hall–Kier alpha value is -0.590. The molecule has 0 fully saturated rings. The lowest BCUT2D eigenvalue weighted by molar-refractivity contribution is 0.225. The van der Waals surface area contributed by atoms with Crippen LogP contribution in [0.15, 0.2) is 28.7 Å². The van der Waals surface area contributed by atoms with E-state index in [4.69, 9.17) is 4.74 Å². The summed E-state index contributed by atoms with van der Waals surface area (Å²) in [5.74, 6) is 0.717. The summed E-state index contributed by atoms with van der Waals surface area (Å²) in [6.45, 7) is 5.37. The maximum Gasteiger partial charge on any atom is 0.214 e. The monoisotopic (exact) mass is 335 g/mol. The number of benzene rings is 1. The summed E-state index contributed by atoms with van der Waals surface area (Å²) in [6.07, 6.45) is -0.222. The average Bonchev–Trinajstić information content (AvgIpc) is 2.29. The Labute approximate surface area is 117 Å². The maximum atomic E-state index is 11.6. The topological polar surface area (TPSA) is 55.4 Å². The van der Waals surface area contributed by atoms with Gasteiger partial charge in [-0.25, -0.2) is 13.1 Å². The van der Waals surface area contributed by atoms with Crippen molar-refractivity contribution in [3.8, 4) is 5.75 Å². The summed E-state index contributed by atoms with van der Waals surface area (Å²) in [5.41, 5.74) is 0. The van der Waals surface area contributed by atoms with E-state index in [2.05, 4.69) is 20.7 Å². The molecule has 1 N–H and O–H groups in total. The van der Waals surface area contributed by atoms with Gasteiger partial charge < -0.3 is 4.74 Å². The highest BCUT2D eigenvalue weighted by Gasteiger charge is 2.16. The number of hydrogen-bond acceptors (Lipinski definition) is 3. The number of rotatable bonds is 6. The van der Waals surface area contributed by atoms with Crippen LogP contribution in [0, 0.1) is 0 Å². The Bertz CT molecular complexity index is 471. The minimum Gasteiger partial charge on any atom is -0.489 e. The van der Waals surface area contributed by atoms with Gasteiger partial charge in [0.1, 0.15) is 11.9 Å². The predicted octanol–water partition coefficient (Wildman–Crippen LogP) is 2.54. The molecule has 4 nitrogen and oxygen atoms in total. The van der Waals surface area contributed by atoms with E-state index in [-0.39, 0.29) is 12.6 Å². The molecular weight excluding hydrogens is 318 g/mol. The van der Waals surface area contributed by atoms with Crippen molar-refractivity contribution in [2.24, 2.45) is 0 Å². The highest BCUT2D eigenvalue weighted by Crippen LogP contribution is 2.17. The van der Waals surface area contributed by atoms with Gasteiger partial charge in [0.05, 0.1) is 5.25 Å². The van der Waals surface area contributed by atoms with Crippen molar-refractivity contribution < 1.29 is 13.2 Å². The van der Waals surface area contributed by atoms with Crippen LogP contribution in [0.2, 0.25) is 0 Å². The fourth-order valence-corrected chi connectivity index (χ4v) is 2.25. The van der Waals surface area contributed by atoms with Crippen molar-refractivity contribution in [2.75, 3.05) is 6.54 Å². The molecule has 0 aromatic heterocycles. The van der Waals surface area contributed by atoms with Crippen LogP contribution in [0.3, 0.4) is 0 Å². The first-order chi connectivity index (χ1) is 8.31. The standard InChI is InChI=1S/C12H18BrNO3S/c1-9(2)18(15,16)14-8-10(3)17-12-6-4-11(13)5-7-12/h4-7,9-10,14H,8H2,1-3H3/t10-/m0/s1. The fraction of sp³-hybridized carbons (Fsp3) is 0.500. The van der Waals surface area contributed by atoms with Gasteiger partial charge in [-0.2, -0.15) is 0 Å². The predicted molar refractivity (Wildman–Crippen MR) is 76.3 cm³/mol. The zero-order valence-corrected chi connectivity index (χ0v) is 13.1. The summed E-state index contributed by atoms with van der Waals surface area (Å²) in [6, 6.07) is 7.41. The Morgan fingerprint density at radius 2 is 1.78 bits per heavy atom. The Balaban J connectivity index is 2.48. The summed E-state index contributed by atoms with van der Waals surface area (Å²) in [4.78, 5) is 0. The van der Waals surface area contributed by atoms with Gasteiger partial charge in [0.25, 0.3) is 0 Å². The fourth-order valence-electron chi connectivity index (χ4n) is 1.19. The van der Waals surface area contributed by atoms with Gasteiger partial charge in [-0.1, -0.05) is 15.9 Å². The van der Waals surface area contributed by atoms with E-state index in [9.17, 15) is 8.42 Å². The third kappa shape index (κ3) is 4.96. The van der Waals surface area contributed by atoms with Crippen molar-refractivity contribution in [3.05, 3.63) is 28.7 Å². The van der Waals surface area contributed by atoms with Gasteiger partial charge in [-0.3, -0.25) is 0 Å². The normalized spacial score (nSPS) is 13.6. The summed E-state index contributed by atoms with van der Waals surface area (Å²) < 4.78 is 32.2. The Morgan fingerprint density at radius 1 is 1.22 bits per heavy atom. The molecule has 1 aromatic rings.